The van der Waals surface area contributed by atoms with Gasteiger partial charge in [0.05, 0.1) is 13.0 Å². The van der Waals surface area contributed by atoms with Crippen LogP contribution < -0.4 is 10.6 Å². The molecule has 1 aromatic rings. The Morgan fingerprint density at radius 1 is 1.24 bits per heavy atom. The van der Waals surface area contributed by atoms with Gasteiger partial charge < -0.3 is 30.1 Å². The molecular formula is C26H39N3O7S. The van der Waals surface area contributed by atoms with Crippen molar-refractivity contribution in [3.63, 3.8) is 0 Å². The lowest BCUT2D eigenvalue weighted by molar-refractivity contribution is -0.144. The lowest BCUT2D eigenvalue weighted by atomic mass is 9.99. The van der Waals surface area contributed by atoms with Crippen molar-refractivity contribution < 1.29 is 33.8 Å². The molecule has 1 fully saturated rings. The molecule has 1 aliphatic rings. The highest BCUT2D eigenvalue weighted by Crippen LogP contribution is 2.42. The van der Waals surface area contributed by atoms with Crippen LogP contribution in [0.2, 0.25) is 0 Å². The van der Waals surface area contributed by atoms with Gasteiger partial charge in [0, 0.05) is 23.9 Å². The summed E-state index contributed by atoms with van der Waals surface area (Å²) < 4.78 is 10.2. The van der Waals surface area contributed by atoms with Crippen LogP contribution in [-0.2, 0) is 23.9 Å². The first-order chi connectivity index (χ1) is 17.3. The third-order valence-corrected chi connectivity index (χ3v) is 6.24. The molecule has 1 saturated carbocycles. The van der Waals surface area contributed by atoms with Crippen molar-refractivity contribution in [2.24, 2.45) is 5.92 Å². The summed E-state index contributed by atoms with van der Waals surface area (Å²) in [7, 11) is 0. The number of para-hydroxylation sites is 1. The topological polar surface area (TPSA) is 134 Å². The number of ether oxygens (including phenoxy) is 2. The van der Waals surface area contributed by atoms with Crippen molar-refractivity contribution in [3.05, 3.63) is 29.3 Å². The summed E-state index contributed by atoms with van der Waals surface area (Å²) in [6.07, 6.45) is -0.173. The predicted molar refractivity (Wildman–Crippen MR) is 141 cm³/mol. The van der Waals surface area contributed by atoms with Crippen molar-refractivity contribution in [2.45, 2.75) is 78.1 Å². The number of phenolic OH excluding ortho intramolecular Hbond substituents is 1. The number of phenols is 1. The Morgan fingerprint density at radius 3 is 2.43 bits per heavy atom. The van der Waals surface area contributed by atoms with Crippen LogP contribution in [0.15, 0.2) is 18.2 Å². The predicted octanol–water partition coefficient (Wildman–Crippen LogP) is 2.87. The molecule has 4 atom stereocenters. The maximum Gasteiger partial charge on any atom is 0.408 e. The van der Waals surface area contributed by atoms with Crippen LogP contribution in [0.3, 0.4) is 0 Å². The van der Waals surface area contributed by atoms with Crippen molar-refractivity contribution in [1.29, 1.82) is 0 Å². The molecule has 0 saturated heterocycles. The Bertz CT molecular complexity index is 995. The Hall–Kier alpha value is -2.95. The molecule has 1 aliphatic carbocycles. The molecule has 2 rings (SSSR count). The molecule has 206 valence electrons. The highest BCUT2D eigenvalue weighted by molar-refractivity contribution is 7.80. The number of carbonyl (C=O) groups excluding carboxylic acids is 4. The molecule has 37 heavy (non-hydrogen) atoms. The second-order valence-electron chi connectivity index (χ2n) is 10.2. The van der Waals surface area contributed by atoms with E-state index in [0.29, 0.717) is 12.0 Å². The quantitative estimate of drug-likeness (QED) is 0.252. The van der Waals surface area contributed by atoms with Gasteiger partial charge in [0.25, 0.3) is 0 Å². The first kappa shape index (κ1) is 30.3. The number of rotatable bonds is 11. The minimum Gasteiger partial charge on any atom is -0.507 e. The van der Waals surface area contributed by atoms with Crippen LogP contribution in [0, 0.1) is 12.8 Å². The highest BCUT2D eigenvalue weighted by Gasteiger charge is 2.48. The van der Waals surface area contributed by atoms with Crippen LogP contribution in [0.5, 0.6) is 5.75 Å². The fourth-order valence-electron chi connectivity index (χ4n) is 3.92. The number of alkyl carbamates (subject to hydrolysis) is 1. The van der Waals surface area contributed by atoms with Crippen molar-refractivity contribution in [2.75, 3.05) is 18.9 Å². The van der Waals surface area contributed by atoms with E-state index in [1.807, 2.05) is 6.92 Å². The zero-order valence-electron chi connectivity index (χ0n) is 22.4. The zero-order chi connectivity index (χ0) is 27.9. The molecule has 0 radical (unpaired) electrons. The van der Waals surface area contributed by atoms with Crippen LogP contribution in [-0.4, -0.2) is 70.5 Å². The van der Waals surface area contributed by atoms with Gasteiger partial charge in [-0.1, -0.05) is 25.1 Å². The third-order valence-electron chi connectivity index (χ3n) is 5.87. The van der Waals surface area contributed by atoms with E-state index in [2.05, 4.69) is 23.3 Å². The number of benzene rings is 1. The number of aryl methyl sites for hydroxylation is 1. The van der Waals surface area contributed by atoms with Gasteiger partial charge in [0.2, 0.25) is 11.8 Å². The number of aromatic hydroxyl groups is 1. The standard InChI is InChI=1S/C26H39N3O7S/c1-7-35-20(30)11-12-27-23(32)21(17-10-8-9-15(2)22(17)31)29(19-13-16(19)3)24(33)18(14-37)28-25(34)36-26(4,5)6/h8-10,16,18-19,21,31,37H,7,11-14H2,1-6H3,(H,27,32)(H,28,34). The normalized spacial score (nSPS) is 18.2. The molecule has 0 bridgehead atoms. The van der Waals surface area contributed by atoms with E-state index in [1.54, 1.807) is 52.8 Å². The van der Waals surface area contributed by atoms with Crippen molar-refractivity contribution in [1.82, 2.24) is 15.5 Å². The largest absolute Gasteiger partial charge is 0.507 e. The summed E-state index contributed by atoms with van der Waals surface area (Å²) in [6, 6.07) is 2.40. The smallest absolute Gasteiger partial charge is 0.408 e. The number of nitrogens with zero attached hydrogens (tertiary/aromatic N) is 1. The minimum atomic E-state index is -1.20. The maximum atomic E-state index is 13.9. The summed E-state index contributed by atoms with van der Waals surface area (Å²) in [6.45, 7) is 10.7. The average molecular weight is 538 g/mol. The van der Waals surface area contributed by atoms with E-state index in [9.17, 15) is 24.3 Å². The van der Waals surface area contributed by atoms with Crippen LogP contribution in [0.4, 0.5) is 4.79 Å². The average Bonchev–Trinajstić information content (AvgIpc) is 3.52. The number of amides is 3. The molecule has 4 unspecified atom stereocenters. The Balaban J connectivity index is 2.41. The van der Waals surface area contributed by atoms with E-state index in [0.717, 1.165) is 0 Å². The third kappa shape index (κ3) is 8.55. The van der Waals surface area contributed by atoms with Gasteiger partial charge in [0.1, 0.15) is 23.4 Å². The van der Waals surface area contributed by atoms with Gasteiger partial charge in [-0.15, -0.1) is 0 Å². The van der Waals surface area contributed by atoms with E-state index in [-0.39, 0.29) is 48.6 Å². The highest BCUT2D eigenvalue weighted by atomic mass is 32.1. The van der Waals surface area contributed by atoms with E-state index in [1.165, 1.54) is 4.90 Å². The zero-order valence-corrected chi connectivity index (χ0v) is 23.3. The molecule has 10 nitrogen and oxygen atoms in total. The molecular weight excluding hydrogens is 498 g/mol. The fraction of sp³-hybridized carbons (Fsp3) is 0.615. The van der Waals surface area contributed by atoms with Gasteiger partial charge in [-0.2, -0.15) is 12.6 Å². The fourth-order valence-corrected chi connectivity index (χ4v) is 4.17. The van der Waals surface area contributed by atoms with Gasteiger partial charge >= 0.3 is 12.1 Å². The molecule has 1 aromatic carbocycles. The van der Waals surface area contributed by atoms with Gasteiger partial charge in [-0.05, 0) is 52.5 Å². The summed E-state index contributed by atoms with van der Waals surface area (Å²) in [5.41, 5.74) is 0.0141. The Kier molecular flexibility index (Phi) is 10.7. The number of hydrogen-bond acceptors (Lipinski definition) is 8. The SMILES string of the molecule is CCOC(=O)CCNC(=O)C(c1cccc(C)c1O)N(C(=O)C(CS)NC(=O)OC(C)(C)C)C1CC1C. The number of carbonyl (C=O) groups is 4. The number of hydrogen-bond donors (Lipinski definition) is 4. The van der Waals surface area contributed by atoms with E-state index in [4.69, 9.17) is 9.47 Å². The molecule has 0 aliphatic heterocycles. The van der Waals surface area contributed by atoms with Crippen LogP contribution in [0.25, 0.3) is 0 Å². The maximum absolute atomic E-state index is 13.9. The molecule has 0 aromatic heterocycles. The van der Waals surface area contributed by atoms with Gasteiger partial charge in [-0.3, -0.25) is 14.4 Å². The Labute approximate surface area is 223 Å². The van der Waals surface area contributed by atoms with Gasteiger partial charge in [-0.25, -0.2) is 4.79 Å². The summed E-state index contributed by atoms with van der Waals surface area (Å²) in [4.78, 5) is 53.0. The second-order valence-corrected chi connectivity index (χ2v) is 10.5. The van der Waals surface area contributed by atoms with Gasteiger partial charge in [0.15, 0.2) is 0 Å². The van der Waals surface area contributed by atoms with Crippen LogP contribution in [0.1, 0.15) is 64.6 Å². The molecule has 3 amide bonds. The molecule has 0 spiro atoms. The summed E-state index contributed by atoms with van der Waals surface area (Å²) in [5, 5.41) is 16.1. The summed E-state index contributed by atoms with van der Waals surface area (Å²) >= 11 is 4.27. The monoisotopic (exact) mass is 537 g/mol. The Morgan fingerprint density at radius 2 is 1.89 bits per heavy atom. The molecule has 0 heterocycles. The lowest BCUT2D eigenvalue weighted by Gasteiger charge is -2.35. The minimum absolute atomic E-state index is 0.00481. The number of nitrogens with one attached hydrogen (secondary N) is 2. The van der Waals surface area contributed by atoms with Crippen LogP contribution >= 0.6 is 12.6 Å². The van der Waals surface area contributed by atoms with Crippen molar-refractivity contribution in [3.8, 4) is 5.75 Å². The molecule has 11 heteroatoms. The first-order valence-corrected chi connectivity index (χ1v) is 13.1. The first-order valence-electron chi connectivity index (χ1n) is 12.4. The number of thiol groups is 1. The summed E-state index contributed by atoms with van der Waals surface area (Å²) in [5.74, 6) is -1.59. The van der Waals surface area contributed by atoms with E-state index >= 15 is 0 Å². The number of esters is 1. The van der Waals surface area contributed by atoms with E-state index < -0.39 is 41.6 Å². The van der Waals surface area contributed by atoms with Crippen molar-refractivity contribution >= 4 is 36.5 Å². The lowest BCUT2D eigenvalue weighted by Crippen LogP contribution is -2.54. The molecule has 3 N–H and O–H groups in total. The second kappa shape index (κ2) is 13.0.